The minimum Gasteiger partial charge on any atom is -0.354 e. The first kappa shape index (κ1) is 18.8. The Morgan fingerprint density at radius 2 is 2.08 bits per heavy atom. The number of sulfonamides is 1. The monoisotopic (exact) mass is 379 g/mol. The zero-order chi connectivity index (χ0) is 19.1. The van der Waals surface area contributed by atoms with Crippen LogP contribution in [0.4, 0.5) is 0 Å². The summed E-state index contributed by atoms with van der Waals surface area (Å²) >= 11 is 0. The van der Waals surface area contributed by atoms with Gasteiger partial charge in [-0.1, -0.05) is 18.2 Å². The molecule has 26 heavy (non-hydrogen) atoms. The zero-order valence-electron chi connectivity index (χ0n) is 15.3. The highest BCUT2D eigenvalue weighted by Gasteiger charge is 2.55. The Hall–Kier alpha value is -1.93. The average molecular weight is 379 g/mol. The topological polar surface area (TPSA) is 95.6 Å². The van der Waals surface area contributed by atoms with Gasteiger partial charge in [0.05, 0.1) is 17.2 Å². The van der Waals surface area contributed by atoms with E-state index in [-0.39, 0.29) is 36.7 Å². The number of hydrogen-bond acceptors (Lipinski definition) is 4. The molecule has 2 aliphatic heterocycles. The third-order valence-electron chi connectivity index (χ3n) is 5.15. The highest BCUT2D eigenvalue weighted by atomic mass is 32.2. The fourth-order valence-corrected chi connectivity index (χ4v) is 5.03. The van der Waals surface area contributed by atoms with Crippen LogP contribution in [0.15, 0.2) is 24.3 Å². The lowest BCUT2D eigenvalue weighted by Crippen LogP contribution is -2.62. The molecule has 2 amide bonds. The predicted molar refractivity (Wildman–Crippen MR) is 98.1 cm³/mol. The van der Waals surface area contributed by atoms with Crippen LogP contribution in [-0.4, -0.2) is 55.0 Å². The second kappa shape index (κ2) is 6.66. The number of fused-ring (bicyclic) bond motifs is 1. The highest BCUT2D eigenvalue weighted by molar-refractivity contribution is 7.89. The minimum absolute atomic E-state index is 0.0356. The molecule has 0 aromatic heterocycles. The molecule has 2 N–H and O–H groups in total. The molecule has 7 nitrogen and oxygen atoms in total. The van der Waals surface area contributed by atoms with Gasteiger partial charge >= 0.3 is 0 Å². The Kier molecular flexibility index (Phi) is 4.83. The van der Waals surface area contributed by atoms with E-state index >= 15 is 0 Å². The summed E-state index contributed by atoms with van der Waals surface area (Å²) in [4.78, 5) is 25.5. The van der Waals surface area contributed by atoms with Gasteiger partial charge in [-0.3, -0.25) is 9.59 Å². The van der Waals surface area contributed by atoms with E-state index in [2.05, 4.69) is 10.6 Å². The molecule has 0 saturated carbocycles. The Balaban J connectivity index is 2.01. The maximum Gasteiger partial charge on any atom is 0.252 e. The number of amides is 2. The Morgan fingerprint density at radius 1 is 1.38 bits per heavy atom. The summed E-state index contributed by atoms with van der Waals surface area (Å²) in [5.74, 6) is -1.16. The summed E-state index contributed by atoms with van der Waals surface area (Å²) in [6.45, 7) is 5.48. The molecule has 0 aliphatic carbocycles. The maximum absolute atomic E-state index is 12.8. The molecule has 1 spiro atoms. The number of hydrogen-bond donors (Lipinski definition) is 2. The van der Waals surface area contributed by atoms with Gasteiger partial charge in [0.1, 0.15) is 0 Å². The van der Waals surface area contributed by atoms with Crippen molar-refractivity contribution in [2.24, 2.45) is 5.92 Å². The third kappa shape index (κ3) is 3.23. The second-order valence-electron chi connectivity index (χ2n) is 7.35. The summed E-state index contributed by atoms with van der Waals surface area (Å²) in [6, 6.07) is 7.19. The van der Waals surface area contributed by atoms with Gasteiger partial charge in [0.2, 0.25) is 15.9 Å². The first-order valence-corrected chi connectivity index (χ1v) is 10.5. The smallest absolute Gasteiger partial charge is 0.252 e. The van der Waals surface area contributed by atoms with Crippen molar-refractivity contribution in [2.45, 2.75) is 38.8 Å². The van der Waals surface area contributed by atoms with Crippen molar-refractivity contribution in [1.29, 1.82) is 0 Å². The van der Waals surface area contributed by atoms with Crippen molar-refractivity contribution < 1.29 is 18.0 Å². The molecular weight excluding hydrogens is 354 g/mol. The van der Waals surface area contributed by atoms with Gasteiger partial charge in [0, 0.05) is 24.7 Å². The third-order valence-corrected chi connectivity index (χ3v) is 6.94. The molecule has 0 bridgehead atoms. The number of benzene rings is 1. The van der Waals surface area contributed by atoms with E-state index in [0.717, 1.165) is 5.56 Å². The van der Waals surface area contributed by atoms with E-state index in [1.807, 2.05) is 26.0 Å². The van der Waals surface area contributed by atoms with E-state index in [0.29, 0.717) is 12.0 Å². The molecule has 142 valence electrons. The van der Waals surface area contributed by atoms with Crippen LogP contribution in [0.25, 0.3) is 0 Å². The van der Waals surface area contributed by atoms with E-state index in [1.165, 1.54) is 4.31 Å². The molecule has 3 rings (SSSR count). The van der Waals surface area contributed by atoms with Crippen LogP contribution in [0.1, 0.15) is 36.7 Å². The second-order valence-corrected chi connectivity index (χ2v) is 9.61. The minimum atomic E-state index is -3.46. The van der Waals surface area contributed by atoms with Crippen molar-refractivity contribution >= 4 is 21.8 Å². The number of carbonyl (C=O) groups is 2. The van der Waals surface area contributed by atoms with Crippen LogP contribution in [-0.2, 0) is 21.2 Å². The molecule has 1 fully saturated rings. The highest BCUT2D eigenvalue weighted by Crippen LogP contribution is 2.37. The van der Waals surface area contributed by atoms with E-state index in [9.17, 15) is 18.0 Å². The SMILES string of the molecule is CCS(=O)(=O)N1C[C@@H](C(=O)NC(C)C)[C@@]2(Cc3ccccc3C(=O)N2)C1. The molecule has 2 heterocycles. The maximum atomic E-state index is 12.8. The van der Waals surface area contributed by atoms with Crippen molar-refractivity contribution in [3.05, 3.63) is 35.4 Å². The number of nitrogens with zero attached hydrogens (tertiary/aromatic N) is 1. The number of carbonyl (C=O) groups excluding carboxylic acids is 2. The van der Waals surface area contributed by atoms with Gasteiger partial charge in [0.15, 0.2) is 0 Å². The Labute approximate surface area is 154 Å². The molecule has 2 aliphatic rings. The lowest BCUT2D eigenvalue weighted by molar-refractivity contribution is -0.126. The van der Waals surface area contributed by atoms with E-state index in [4.69, 9.17) is 0 Å². The molecule has 1 aromatic rings. The van der Waals surface area contributed by atoms with Crippen molar-refractivity contribution in [1.82, 2.24) is 14.9 Å². The molecule has 1 saturated heterocycles. The fourth-order valence-electron chi connectivity index (χ4n) is 3.86. The van der Waals surface area contributed by atoms with Crippen molar-refractivity contribution in [2.75, 3.05) is 18.8 Å². The van der Waals surface area contributed by atoms with Gasteiger partial charge in [-0.2, -0.15) is 4.31 Å². The quantitative estimate of drug-likeness (QED) is 0.797. The normalized spacial score (nSPS) is 26.0. The van der Waals surface area contributed by atoms with Gasteiger partial charge < -0.3 is 10.6 Å². The molecule has 0 unspecified atom stereocenters. The van der Waals surface area contributed by atoms with Gasteiger partial charge in [0.25, 0.3) is 5.91 Å². The summed E-state index contributed by atoms with van der Waals surface area (Å²) in [5.41, 5.74) is 0.499. The largest absolute Gasteiger partial charge is 0.354 e. The van der Waals surface area contributed by atoms with Gasteiger partial charge in [-0.15, -0.1) is 0 Å². The lowest BCUT2D eigenvalue weighted by atomic mass is 9.77. The summed E-state index contributed by atoms with van der Waals surface area (Å²) in [5, 5.41) is 5.85. The van der Waals surface area contributed by atoms with Crippen LogP contribution in [0.3, 0.4) is 0 Å². The first-order valence-electron chi connectivity index (χ1n) is 8.87. The van der Waals surface area contributed by atoms with E-state index in [1.54, 1.807) is 19.1 Å². The van der Waals surface area contributed by atoms with Crippen LogP contribution in [0, 0.1) is 5.92 Å². The van der Waals surface area contributed by atoms with Crippen molar-refractivity contribution in [3.63, 3.8) is 0 Å². The van der Waals surface area contributed by atoms with E-state index < -0.39 is 21.5 Å². The van der Waals surface area contributed by atoms with Crippen LogP contribution >= 0.6 is 0 Å². The summed E-state index contributed by atoms with van der Waals surface area (Å²) < 4.78 is 26.2. The standard InChI is InChI=1S/C18H25N3O4S/c1-4-26(24,25)21-10-15(17(23)19-12(2)3)18(11-21)9-13-7-5-6-8-14(13)16(22)20-18/h5-8,12,15H,4,9-11H2,1-3H3,(H,19,23)(H,20,22)/t15-,18+/m0/s1. The number of nitrogens with one attached hydrogen (secondary N) is 2. The Bertz CT molecular complexity index is 837. The Morgan fingerprint density at radius 3 is 2.73 bits per heavy atom. The average Bonchev–Trinajstić information content (AvgIpc) is 2.93. The van der Waals surface area contributed by atoms with Gasteiger partial charge in [-0.25, -0.2) is 8.42 Å². The molecule has 2 atom stereocenters. The number of rotatable bonds is 4. The summed E-state index contributed by atoms with van der Waals surface area (Å²) in [7, 11) is -3.46. The first-order chi connectivity index (χ1) is 12.2. The fraction of sp³-hybridized carbons (Fsp3) is 0.556. The summed E-state index contributed by atoms with van der Waals surface area (Å²) in [6.07, 6.45) is 0.431. The van der Waals surface area contributed by atoms with Crippen molar-refractivity contribution in [3.8, 4) is 0 Å². The lowest BCUT2D eigenvalue weighted by Gasteiger charge is -2.39. The molecular formula is C18H25N3O4S. The predicted octanol–water partition coefficient (Wildman–Crippen LogP) is 0.517. The van der Waals surface area contributed by atoms with Crippen LogP contribution in [0.2, 0.25) is 0 Å². The van der Waals surface area contributed by atoms with Crippen LogP contribution in [0.5, 0.6) is 0 Å². The van der Waals surface area contributed by atoms with Gasteiger partial charge in [-0.05, 0) is 38.8 Å². The zero-order valence-corrected chi connectivity index (χ0v) is 16.1. The molecule has 1 aromatic carbocycles. The molecule has 0 radical (unpaired) electrons. The van der Waals surface area contributed by atoms with Crippen LogP contribution < -0.4 is 10.6 Å². The molecule has 8 heteroatoms.